The highest BCUT2D eigenvalue weighted by Crippen LogP contribution is 2.18. The highest BCUT2D eigenvalue weighted by atomic mass is 32.2. The van der Waals surface area contributed by atoms with Crippen molar-refractivity contribution in [2.75, 3.05) is 32.9 Å². The summed E-state index contributed by atoms with van der Waals surface area (Å²) in [6.07, 6.45) is 5.31. The van der Waals surface area contributed by atoms with E-state index in [2.05, 4.69) is 42.3 Å². The molecule has 0 unspecified atom stereocenters. The summed E-state index contributed by atoms with van der Waals surface area (Å²) < 4.78 is 0. The highest BCUT2D eigenvalue weighted by Gasteiger charge is 2.18. The van der Waals surface area contributed by atoms with Crippen LogP contribution in [-0.4, -0.2) is 48.6 Å². The lowest BCUT2D eigenvalue weighted by molar-refractivity contribution is -0.130. The van der Waals surface area contributed by atoms with Gasteiger partial charge in [-0.05, 0) is 49.3 Å². The zero-order valence-corrected chi connectivity index (χ0v) is 14.9. The van der Waals surface area contributed by atoms with E-state index in [-0.39, 0.29) is 5.91 Å². The first kappa shape index (κ1) is 17.4. The Hall–Kier alpha value is -1.00. The first-order valence-corrected chi connectivity index (χ1v) is 9.40. The monoisotopic (exact) mass is 320 g/mol. The van der Waals surface area contributed by atoms with Crippen molar-refractivity contribution >= 4 is 17.7 Å². The van der Waals surface area contributed by atoms with Crippen LogP contribution < -0.4 is 0 Å². The smallest absolute Gasteiger partial charge is 0.223 e. The number of rotatable bonds is 6. The lowest BCUT2D eigenvalue weighted by Gasteiger charge is -2.31. The molecule has 3 nitrogen and oxygen atoms in total. The number of carbonyl (C=O) groups excluding carboxylic acids is 1. The van der Waals surface area contributed by atoms with Crippen LogP contribution in [0.1, 0.15) is 31.7 Å². The van der Waals surface area contributed by atoms with Crippen LogP contribution in [0.4, 0.5) is 0 Å². The van der Waals surface area contributed by atoms with Crippen LogP contribution in [0.15, 0.2) is 29.2 Å². The maximum atomic E-state index is 12.3. The van der Waals surface area contributed by atoms with Crippen LogP contribution in [0.5, 0.6) is 0 Å². The summed E-state index contributed by atoms with van der Waals surface area (Å²) in [6, 6.07) is 8.43. The van der Waals surface area contributed by atoms with Gasteiger partial charge in [-0.3, -0.25) is 4.79 Å². The van der Waals surface area contributed by atoms with E-state index >= 15 is 0 Å². The molecule has 1 saturated heterocycles. The molecule has 1 atom stereocenters. The summed E-state index contributed by atoms with van der Waals surface area (Å²) in [5.41, 5.74) is 1.20. The van der Waals surface area contributed by atoms with Gasteiger partial charge in [-0.1, -0.05) is 19.1 Å². The molecule has 0 saturated carbocycles. The number of thioether (sulfide) groups is 1. The Kier molecular flexibility index (Phi) is 6.77. The number of carbonyl (C=O) groups is 1. The Bertz CT molecular complexity index is 492. The van der Waals surface area contributed by atoms with Crippen molar-refractivity contribution in [3.05, 3.63) is 29.8 Å². The molecule has 1 aliphatic heterocycles. The van der Waals surface area contributed by atoms with Crippen molar-refractivity contribution < 1.29 is 4.79 Å². The van der Waals surface area contributed by atoms with Gasteiger partial charge < -0.3 is 9.80 Å². The van der Waals surface area contributed by atoms with Gasteiger partial charge in [0.2, 0.25) is 5.91 Å². The molecule has 122 valence electrons. The van der Waals surface area contributed by atoms with Crippen molar-refractivity contribution in [1.29, 1.82) is 0 Å². The quantitative estimate of drug-likeness (QED) is 0.750. The second-order valence-corrected chi connectivity index (χ2v) is 7.28. The fourth-order valence-corrected chi connectivity index (χ4v) is 3.55. The van der Waals surface area contributed by atoms with Gasteiger partial charge in [0.05, 0.1) is 0 Å². The number of piperidine rings is 1. The number of likely N-dealkylation sites (tertiary alicyclic amines) is 1. The Balaban J connectivity index is 1.78. The molecule has 1 fully saturated rings. The molecule has 2 rings (SSSR count). The lowest BCUT2D eigenvalue weighted by atomic mass is 10.0. The van der Waals surface area contributed by atoms with Crippen molar-refractivity contribution in [3.8, 4) is 0 Å². The van der Waals surface area contributed by atoms with Gasteiger partial charge in [-0.15, -0.1) is 11.8 Å². The maximum absolute atomic E-state index is 12.3. The fourth-order valence-electron chi connectivity index (χ4n) is 3.07. The van der Waals surface area contributed by atoms with Gasteiger partial charge in [0.15, 0.2) is 0 Å². The zero-order chi connectivity index (χ0) is 15.9. The molecule has 0 aliphatic carbocycles. The first-order chi connectivity index (χ1) is 10.6. The van der Waals surface area contributed by atoms with Crippen LogP contribution in [-0.2, 0) is 11.3 Å². The molecule has 0 bridgehead atoms. The van der Waals surface area contributed by atoms with Gasteiger partial charge in [-0.25, -0.2) is 0 Å². The van der Waals surface area contributed by atoms with Crippen molar-refractivity contribution in [3.63, 3.8) is 0 Å². The molecular formula is C18H28N2OS. The lowest BCUT2D eigenvalue weighted by Crippen LogP contribution is -2.37. The molecule has 0 aromatic heterocycles. The van der Waals surface area contributed by atoms with Crippen LogP contribution in [0.2, 0.25) is 0 Å². The predicted molar refractivity (Wildman–Crippen MR) is 94.2 cm³/mol. The standard InChI is InChI=1S/C18H28N2OS/c1-15-6-5-10-20(13-15)11-9-18(21)19(2)14-16-7-4-8-17(12-16)22-3/h4,7-8,12,15H,5-6,9-11,13-14H2,1-3H3/t15-/m1/s1. The minimum absolute atomic E-state index is 0.243. The first-order valence-electron chi connectivity index (χ1n) is 8.17. The minimum Gasteiger partial charge on any atom is -0.341 e. The third kappa shape index (κ3) is 5.33. The second-order valence-electron chi connectivity index (χ2n) is 6.40. The molecule has 1 aliphatic rings. The highest BCUT2D eigenvalue weighted by molar-refractivity contribution is 7.98. The van der Waals surface area contributed by atoms with Crippen LogP contribution in [0.3, 0.4) is 0 Å². The molecule has 22 heavy (non-hydrogen) atoms. The molecule has 0 spiro atoms. The molecule has 1 amide bonds. The van der Waals surface area contributed by atoms with E-state index < -0.39 is 0 Å². The molecular weight excluding hydrogens is 292 g/mol. The number of hydrogen-bond acceptors (Lipinski definition) is 3. The molecule has 1 heterocycles. The third-order valence-corrected chi connectivity index (χ3v) is 5.09. The van der Waals surface area contributed by atoms with E-state index in [1.165, 1.54) is 23.3 Å². The van der Waals surface area contributed by atoms with Gasteiger partial charge in [0, 0.05) is 38.0 Å². The summed E-state index contributed by atoms with van der Waals surface area (Å²) in [4.78, 5) is 17.9. The van der Waals surface area contributed by atoms with E-state index in [0.29, 0.717) is 13.0 Å². The molecule has 0 N–H and O–H groups in total. The summed E-state index contributed by atoms with van der Waals surface area (Å²) in [7, 11) is 1.91. The summed E-state index contributed by atoms with van der Waals surface area (Å²) in [6.45, 7) is 6.20. The Morgan fingerprint density at radius 1 is 1.45 bits per heavy atom. The molecule has 0 radical (unpaired) electrons. The van der Waals surface area contributed by atoms with Gasteiger partial charge >= 0.3 is 0 Å². The van der Waals surface area contributed by atoms with Crippen molar-refractivity contribution in [2.24, 2.45) is 5.92 Å². The summed E-state index contributed by atoms with van der Waals surface area (Å²) in [5.74, 6) is 1.02. The predicted octanol–water partition coefficient (Wildman–Crippen LogP) is 3.49. The largest absolute Gasteiger partial charge is 0.341 e. The van der Waals surface area contributed by atoms with Crippen molar-refractivity contribution in [2.45, 2.75) is 37.6 Å². The minimum atomic E-state index is 0.243. The van der Waals surface area contributed by atoms with E-state index in [4.69, 9.17) is 0 Å². The third-order valence-electron chi connectivity index (χ3n) is 4.36. The number of amides is 1. The van der Waals surface area contributed by atoms with Gasteiger partial charge in [0.25, 0.3) is 0 Å². The molecule has 1 aromatic carbocycles. The Morgan fingerprint density at radius 2 is 2.27 bits per heavy atom. The van der Waals surface area contributed by atoms with Crippen LogP contribution in [0.25, 0.3) is 0 Å². The van der Waals surface area contributed by atoms with Crippen molar-refractivity contribution in [1.82, 2.24) is 9.80 Å². The normalized spacial score (nSPS) is 19.1. The van der Waals surface area contributed by atoms with Gasteiger partial charge in [-0.2, -0.15) is 0 Å². The van der Waals surface area contributed by atoms with E-state index in [1.54, 1.807) is 11.8 Å². The average molecular weight is 321 g/mol. The number of hydrogen-bond donors (Lipinski definition) is 0. The van der Waals surface area contributed by atoms with Crippen LogP contribution in [0, 0.1) is 5.92 Å². The van der Waals surface area contributed by atoms with Crippen LogP contribution >= 0.6 is 11.8 Å². The van der Waals surface area contributed by atoms with Gasteiger partial charge in [0.1, 0.15) is 0 Å². The molecule has 1 aromatic rings. The second kappa shape index (κ2) is 8.59. The number of nitrogens with zero attached hydrogens (tertiary/aromatic N) is 2. The number of benzene rings is 1. The fraction of sp³-hybridized carbons (Fsp3) is 0.611. The zero-order valence-electron chi connectivity index (χ0n) is 14.0. The van der Waals surface area contributed by atoms with E-state index in [9.17, 15) is 4.79 Å². The summed E-state index contributed by atoms with van der Waals surface area (Å²) >= 11 is 1.74. The van der Waals surface area contributed by atoms with E-state index in [0.717, 1.165) is 25.6 Å². The molecule has 4 heteroatoms. The Labute approximate surface area is 139 Å². The SMILES string of the molecule is CSc1cccc(CN(C)C(=O)CCN2CCC[C@@H](C)C2)c1. The summed E-state index contributed by atoms with van der Waals surface area (Å²) in [5, 5.41) is 0. The van der Waals surface area contributed by atoms with E-state index in [1.807, 2.05) is 11.9 Å². The maximum Gasteiger partial charge on any atom is 0.223 e. The topological polar surface area (TPSA) is 23.6 Å². The average Bonchev–Trinajstić information content (AvgIpc) is 2.52. The Morgan fingerprint density at radius 3 is 3.00 bits per heavy atom.